The zero-order valence-electron chi connectivity index (χ0n) is 12.0. The van der Waals surface area contributed by atoms with Crippen LogP contribution in [0, 0.1) is 19.8 Å². The maximum Gasteiger partial charge on any atom is 0.0946 e. The first-order valence-electron chi connectivity index (χ1n) is 7.37. The van der Waals surface area contributed by atoms with E-state index < -0.39 is 0 Å². The van der Waals surface area contributed by atoms with Crippen LogP contribution in [0.2, 0.25) is 0 Å². The Morgan fingerprint density at radius 2 is 2.00 bits per heavy atom. The number of hydrogen-bond acceptors (Lipinski definition) is 3. The Labute approximate surface area is 115 Å². The second-order valence-corrected chi connectivity index (χ2v) is 6.80. The van der Waals surface area contributed by atoms with Crippen molar-refractivity contribution in [3.63, 3.8) is 0 Å². The number of nitrogens with zero attached hydrogens (tertiary/aromatic N) is 1. The monoisotopic (exact) mass is 266 g/mol. The fourth-order valence-electron chi connectivity index (χ4n) is 3.02. The standard InChI is InChI=1S/C15H26N2S/c1-4-16-14(13-8-6-5-7-9-13)10-15-17-11(2)12(3)18-15/h13-14,16H,4-10H2,1-3H3. The van der Waals surface area contributed by atoms with Crippen LogP contribution in [-0.4, -0.2) is 17.6 Å². The molecule has 1 aliphatic carbocycles. The Morgan fingerprint density at radius 3 is 2.56 bits per heavy atom. The number of likely N-dealkylation sites (N-methyl/N-ethyl adjacent to an activating group) is 1. The average molecular weight is 266 g/mol. The minimum atomic E-state index is 0.639. The van der Waals surface area contributed by atoms with Gasteiger partial charge < -0.3 is 5.32 Å². The molecule has 0 bridgehead atoms. The van der Waals surface area contributed by atoms with Gasteiger partial charge in [-0.3, -0.25) is 0 Å². The first-order valence-corrected chi connectivity index (χ1v) is 8.18. The van der Waals surface area contributed by atoms with Crippen LogP contribution >= 0.6 is 11.3 Å². The highest BCUT2D eigenvalue weighted by atomic mass is 32.1. The van der Waals surface area contributed by atoms with Crippen molar-refractivity contribution in [2.24, 2.45) is 5.92 Å². The van der Waals surface area contributed by atoms with Crippen LogP contribution in [0.25, 0.3) is 0 Å². The quantitative estimate of drug-likeness (QED) is 0.875. The van der Waals surface area contributed by atoms with Crippen molar-refractivity contribution >= 4 is 11.3 Å². The van der Waals surface area contributed by atoms with Crippen LogP contribution in [-0.2, 0) is 6.42 Å². The Balaban J connectivity index is 2.00. The third kappa shape index (κ3) is 3.55. The second-order valence-electron chi connectivity index (χ2n) is 5.52. The van der Waals surface area contributed by atoms with Gasteiger partial charge in [0.05, 0.1) is 10.7 Å². The van der Waals surface area contributed by atoms with Gasteiger partial charge in [-0.2, -0.15) is 0 Å². The number of aromatic nitrogens is 1. The van der Waals surface area contributed by atoms with Gasteiger partial charge in [0, 0.05) is 17.3 Å². The fraction of sp³-hybridized carbons (Fsp3) is 0.800. The van der Waals surface area contributed by atoms with Crippen molar-refractivity contribution in [3.8, 4) is 0 Å². The van der Waals surface area contributed by atoms with E-state index in [4.69, 9.17) is 4.98 Å². The summed E-state index contributed by atoms with van der Waals surface area (Å²) in [6.07, 6.45) is 8.20. The summed E-state index contributed by atoms with van der Waals surface area (Å²) < 4.78 is 0. The number of thiazole rings is 1. The lowest BCUT2D eigenvalue weighted by Crippen LogP contribution is -2.38. The Morgan fingerprint density at radius 1 is 1.28 bits per heavy atom. The van der Waals surface area contributed by atoms with Crippen molar-refractivity contribution in [2.45, 2.75) is 65.3 Å². The molecule has 0 amide bonds. The molecule has 2 rings (SSSR count). The Hall–Kier alpha value is -0.410. The molecule has 0 aromatic carbocycles. The van der Waals surface area contributed by atoms with Gasteiger partial charge >= 0.3 is 0 Å². The van der Waals surface area contributed by atoms with Crippen LogP contribution in [0.3, 0.4) is 0 Å². The lowest BCUT2D eigenvalue weighted by atomic mass is 9.82. The van der Waals surface area contributed by atoms with Gasteiger partial charge in [0.25, 0.3) is 0 Å². The third-order valence-electron chi connectivity index (χ3n) is 4.15. The zero-order valence-corrected chi connectivity index (χ0v) is 12.8. The van der Waals surface area contributed by atoms with E-state index >= 15 is 0 Å². The van der Waals surface area contributed by atoms with E-state index in [-0.39, 0.29) is 0 Å². The fourth-order valence-corrected chi connectivity index (χ4v) is 4.01. The highest BCUT2D eigenvalue weighted by Gasteiger charge is 2.24. The molecule has 1 aliphatic rings. The molecular formula is C15H26N2S. The first-order chi connectivity index (χ1) is 8.70. The summed E-state index contributed by atoms with van der Waals surface area (Å²) >= 11 is 1.88. The van der Waals surface area contributed by atoms with E-state index in [1.165, 1.54) is 47.7 Å². The average Bonchev–Trinajstić information content (AvgIpc) is 2.69. The molecule has 0 aliphatic heterocycles. The molecule has 1 atom stereocenters. The van der Waals surface area contributed by atoms with Gasteiger partial charge in [-0.15, -0.1) is 11.3 Å². The second kappa shape index (κ2) is 6.67. The number of hydrogen-bond donors (Lipinski definition) is 1. The summed E-state index contributed by atoms with van der Waals surface area (Å²) in [7, 11) is 0. The van der Waals surface area contributed by atoms with Crippen molar-refractivity contribution in [1.29, 1.82) is 0 Å². The smallest absolute Gasteiger partial charge is 0.0946 e. The lowest BCUT2D eigenvalue weighted by Gasteiger charge is -2.30. The van der Waals surface area contributed by atoms with E-state index in [0.717, 1.165) is 18.9 Å². The van der Waals surface area contributed by atoms with Gasteiger partial charge in [-0.05, 0) is 39.2 Å². The maximum absolute atomic E-state index is 4.71. The molecule has 1 aromatic rings. The van der Waals surface area contributed by atoms with E-state index in [1.54, 1.807) is 0 Å². The van der Waals surface area contributed by atoms with E-state index in [9.17, 15) is 0 Å². The first kappa shape index (κ1) is 14.0. The number of nitrogens with one attached hydrogen (secondary N) is 1. The molecular weight excluding hydrogens is 240 g/mol. The third-order valence-corrected chi connectivity index (χ3v) is 5.25. The summed E-state index contributed by atoms with van der Waals surface area (Å²) in [5.41, 5.74) is 1.22. The summed E-state index contributed by atoms with van der Waals surface area (Å²) in [5, 5.41) is 5.02. The van der Waals surface area contributed by atoms with Crippen LogP contribution in [0.15, 0.2) is 0 Å². The van der Waals surface area contributed by atoms with Gasteiger partial charge in [0.1, 0.15) is 0 Å². The molecule has 3 heteroatoms. The van der Waals surface area contributed by atoms with Gasteiger partial charge in [0.15, 0.2) is 0 Å². The van der Waals surface area contributed by atoms with Crippen LogP contribution in [0.4, 0.5) is 0 Å². The minimum Gasteiger partial charge on any atom is -0.314 e. The maximum atomic E-state index is 4.71. The van der Waals surface area contributed by atoms with Crippen molar-refractivity contribution in [3.05, 3.63) is 15.6 Å². The SMILES string of the molecule is CCNC(Cc1nc(C)c(C)s1)C1CCCCC1. The predicted molar refractivity (Wildman–Crippen MR) is 79.3 cm³/mol. The Kier molecular flexibility index (Phi) is 5.19. The van der Waals surface area contributed by atoms with E-state index in [2.05, 4.69) is 26.1 Å². The van der Waals surface area contributed by atoms with Gasteiger partial charge in [-0.1, -0.05) is 26.2 Å². The summed E-state index contributed by atoms with van der Waals surface area (Å²) in [4.78, 5) is 6.08. The predicted octanol–water partition coefficient (Wildman–Crippen LogP) is 3.86. The van der Waals surface area contributed by atoms with Crippen molar-refractivity contribution in [2.75, 3.05) is 6.54 Å². The number of rotatable bonds is 5. The molecule has 1 heterocycles. The van der Waals surface area contributed by atoms with Crippen molar-refractivity contribution < 1.29 is 0 Å². The Bertz CT molecular complexity index is 347. The normalized spacial score (nSPS) is 19.1. The molecule has 102 valence electrons. The van der Waals surface area contributed by atoms with E-state index in [0.29, 0.717) is 6.04 Å². The van der Waals surface area contributed by atoms with E-state index in [1.807, 2.05) is 11.3 Å². The molecule has 1 fully saturated rings. The van der Waals surface area contributed by atoms with Crippen LogP contribution in [0.5, 0.6) is 0 Å². The molecule has 0 spiro atoms. The largest absolute Gasteiger partial charge is 0.314 e. The molecule has 0 radical (unpaired) electrons. The summed E-state index contributed by atoms with van der Waals surface area (Å²) in [5.74, 6) is 0.864. The highest BCUT2D eigenvalue weighted by Crippen LogP contribution is 2.29. The molecule has 2 nitrogen and oxygen atoms in total. The summed E-state index contributed by atoms with van der Waals surface area (Å²) in [6.45, 7) is 7.59. The molecule has 1 N–H and O–H groups in total. The van der Waals surface area contributed by atoms with Gasteiger partial charge in [0.2, 0.25) is 0 Å². The molecule has 1 saturated carbocycles. The van der Waals surface area contributed by atoms with Crippen LogP contribution in [0.1, 0.15) is 54.6 Å². The zero-order chi connectivity index (χ0) is 13.0. The number of aryl methyl sites for hydroxylation is 2. The minimum absolute atomic E-state index is 0.639. The topological polar surface area (TPSA) is 24.9 Å². The molecule has 18 heavy (non-hydrogen) atoms. The van der Waals surface area contributed by atoms with Crippen molar-refractivity contribution in [1.82, 2.24) is 10.3 Å². The molecule has 1 aromatic heterocycles. The highest BCUT2D eigenvalue weighted by molar-refractivity contribution is 7.11. The summed E-state index contributed by atoms with van der Waals surface area (Å²) in [6, 6.07) is 0.639. The molecule has 1 unspecified atom stereocenters. The van der Waals surface area contributed by atoms with Gasteiger partial charge in [-0.25, -0.2) is 4.98 Å². The lowest BCUT2D eigenvalue weighted by molar-refractivity contribution is 0.269. The molecule has 0 saturated heterocycles. The van der Waals surface area contributed by atoms with Crippen LogP contribution < -0.4 is 5.32 Å².